The van der Waals surface area contributed by atoms with Gasteiger partial charge in [0.1, 0.15) is 11.8 Å². The van der Waals surface area contributed by atoms with Crippen molar-refractivity contribution >= 4 is 17.6 Å². The summed E-state index contributed by atoms with van der Waals surface area (Å²) < 4.78 is 40.7. The molecule has 0 bridgehead atoms. The van der Waals surface area contributed by atoms with E-state index in [9.17, 15) is 22.8 Å². The number of hydrogen-bond donors (Lipinski definition) is 2. The minimum absolute atomic E-state index is 0.180. The predicted molar refractivity (Wildman–Crippen MR) is 124 cm³/mol. The number of halogens is 3. The first kappa shape index (κ1) is 27.0. The maximum atomic E-state index is 13.2. The third-order valence-electron chi connectivity index (χ3n) is 5.06. The number of urea groups is 1. The van der Waals surface area contributed by atoms with Crippen LogP contribution in [0.1, 0.15) is 32.3 Å². The molecule has 1 aliphatic heterocycles. The Bertz CT molecular complexity index is 908. The number of amides is 3. The molecule has 3 amide bonds. The molecule has 2 aromatic rings. The summed E-state index contributed by atoms with van der Waals surface area (Å²) >= 11 is 0. The number of anilines is 1. The van der Waals surface area contributed by atoms with Gasteiger partial charge in [-0.15, -0.1) is 13.2 Å². The molecule has 3 N–H and O–H groups in total. The van der Waals surface area contributed by atoms with E-state index >= 15 is 0 Å². The lowest BCUT2D eigenvalue weighted by Gasteiger charge is -2.30. The summed E-state index contributed by atoms with van der Waals surface area (Å²) in [6, 6.07) is 13.2. The average Bonchev–Trinajstić information content (AvgIpc) is 3.31. The van der Waals surface area contributed by atoms with E-state index in [0.29, 0.717) is 44.7 Å². The fourth-order valence-electron chi connectivity index (χ4n) is 3.64. The summed E-state index contributed by atoms with van der Waals surface area (Å²) in [5, 5.41) is 2.63. The quantitative estimate of drug-likeness (QED) is 0.607. The number of carbonyl (C=O) groups excluding carboxylic acids is 2. The van der Waals surface area contributed by atoms with Gasteiger partial charge in [0.15, 0.2) is 0 Å². The zero-order valence-electron chi connectivity index (χ0n) is 19.3. The minimum Gasteiger partial charge on any atom is -0.406 e. The third kappa shape index (κ3) is 7.95. The molecule has 34 heavy (non-hydrogen) atoms. The van der Waals surface area contributed by atoms with Gasteiger partial charge in [-0.2, -0.15) is 0 Å². The van der Waals surface area contributed by atoms with Gasteiger partial charge in [-0.05, 0) is 42.7 Å². The monoisotopic (exact) mass is 480 g/mol. The number of rotatable bonds is 7. The van der Waals surface area contributed by atoms with Gasteiger partial charge in [0, 0.05) is 31.9 Å². The number of likely N-dealkylation sites (tertiary alicyclic amines) is 1. The van der Waals surface area contributed by atoms with Crippen molar-refractivity contribution < 1.29 is 27.5 Å². The van der Waals surface area contributed by atoms with Gasteiger partial charge in [0.25, 0.3) is 0 Å². The Morgan fingerprint density at radius 2 is 1.76 bits per heavy atom. The summed E-state index contributed by atoms with van der Waals surface area (Å²) in [7, 11) is 0. The van der Waals surface area contributed by atoms with Crippen LogP contribution in [0, 0.1) is 0 Å². The van der Waals surface area contributed by atoms with Crippen molar-refractivity contribution in [3.05, 3.63) is 60.2 Å². The maximum Gasteiger partial charge on any atom is 0.573 e. The molecule has 2 aromatic carbocycles. The van der Waals surface area contributed by atoms with Gasteiger partial charge in [-0.3, -0.25) is 4.79 Å². The summed E-state index contributed by atoms with van der Waals surface area (Å²) in [5.74, 6) is -0.566. The topological polar surface area (TPSA) is 87.9 Å². The fraction of sp³-hybridized carbons (Fsp3) is 0.417. The van der Waals surface area contributed by atoms with Gasteiger partial charge in [-0.1, -0.05) is 44.2 Å². The van der Waals surface area contributed by atoms with E-state index in [1.165, 1.54) is 17.0 Å². The Balaban J connectivity index is 0.00000199. The highest BCUT2D eigenvalue weighted by atomic mass is 19.4. The lowest BCUT2D eigenvalue weighted by atomic mass is 10.1. The van der Waals surface area contributed by atoms with Gasteiger partial charge in [0.05, 0.1) is 0 Å². The van der Waals surface area contributed by atoms with E-state index in [1.807, 2.05) is 44.2 Å². The molecule has 7 nitrogen and oxygen atoms in total. The molecular weight excluding hydrogens is 449 g/mol. The van der Waals surface area contributed by atoms with E-state index in [1.54, 1.807) is 4.90 Å². The Morgan fingerprint density at radius 1 is 1.12 bits per heavy atom. The molecule has 0 spiro atoms. The first-order valence-corrected chi connectivity index (χ1v) is 11.2. The normalized spacial score (nSPS) is 15.2. The lowest BCUT2D eigenvalue weighted by molar-refractivity contribution is -0.274. The molecule has 0 aliphatic carbocycles. The molecule has 0 aromatic heterocycles. The number of nitrogens with zero attached hydrogens (tertiary/aromatic N) is 2. The molecule has 1 heterocycles. The van der Waals surface area contributed by atoms with Crippen LogP contribution in [0.2, 0.25) is 0 Å². The van der Waals surface area contributed by atoms with Crippen LogP contribution in [0.15, 0.2) is 54.6 Å². The molecule has 1 atom stereocenters. The standard InChI is InChI=1S/C22H25F3N4O3.C2H6/c23-22(24,25)32-18-10-8-17(9-11-18)27-21(31)29-13-4-7-19(29)20(30)28(14-12-26)15-16-5-2-1-3-6-16;1-2/h1-3,5-6,8-11,19H,4,7,12-15,26H2,(H,27,31);1-2H3/t19-;/m0./s1. The molecule has 0 saturated carbocycles. The second kappa shape index (κ2) is 12.8. The Morgan fingerprint density at radius 3 is 2.35 bits per heavy atom. The number of carbonyl (C=O) groups is 2. The highest BCUT2D eigenvalue weighted by Crippen LogP contribution is 2.25. The number of benzene rings is 2. The van der Waals surface area contributed by atoms with Crippen LogP contribution >= 0.6 is 0 Å². The Labute approximate surface area is 197 Å². The van der Waals surface area contributed by atoms with Gasteiger partial charge in [-0.25, -0.2) is 4.79 Å². The van der Waals surface area contributed by atoms with Crippen LogP contribution in [0.4, 0.5) is 23.7 Å². The van der Waals surface area contributed by atoms with Crippen molar-refractivity contribution in [1.82, 2.24) is 9.80 Å². The fourth-order valence-corrected chi connectivity index (χ4v) is 3.64. The third-order valence-corrected chi connectivity index (χ3v) is 5.06. The number of hydrogen-bond acceptors (Lipinski definition) is 4. The minimum atomic E-state index is -4.79. The van der Waals surface area contributed by atoms with Crippen molar-refractivity contribution in [2.45, 2.75) is 45.6 Å². The second-order valence-electron chi connectivity index (χ2n) is 7.39. The van der Waals surface area contributed by atoms with E-state index in [0.717, 1.165) is 17.7 Å². The second-order valence-corrected chi connectivity index (χ2v) is 7.39. The Hall–Kier alpha value is -3.27. The number of nitrogens with one attached hydrogen (secondary N) is 1. The summed E-state index contributed by atoms with van der Waals surface area (Å²) in [6.07, 6.45) is -3.59. The van der Waals surface area contributed by atoms with Crippen molar-refractivity contribution in [3.8, 4) is 5.75 Å². The van der Waals surface area contributed by atoms with Crippen molar-refractivity contribution in [2.75, 3.05) is 25.0 Å². The van der Waals surface area contributed by atoms with Crippen LogP contribution in [-0.2, 0) is 11.3 Å². The smallest absolute Gasteiger partial charge is 0.406 e. The largest absolute Gasteiger partial charge is 0.573 e. The van der Waals surface area contributed by atoms with Crippen LogP contribution in [0.25, 0.3) is 0 Å². The maximum absolute atomic E-state index is 13.2. The van der Waals surface area contributed by atoms with E-state index in [4.69, 9.17) is 5.73 Å². The molecule has 0 unspecified atom stereocenters. The van der Waals surface area contributed by atoms with Crippen molar-refractivity contribution in [2.24, 2.45) is 5.73 Å². The molecule has 0 radical (unpaired) electrons. The van der Waals surface area contributed by atoms with Gasteiger partial charge >= 0.3 is 12.4 Å². The Kier molecular flexibility index (Phi) is 10.2. The van der Waals surface area contributed by atoms with E-state index in [-0.39, 0.29) is 11.7 Å². The molecular formula is C24H31F3N4O3. The highest BCUT2D eigenvalue weighted by molar-refractivity contribution is 5.94. The summed E-state index contributed by atoms with van der Waals surface area (Å²) in [4.78, 5) is 29.1. The molecule has 186 valence electrons. The van der Waals surface area contributed by atoms with E-state index in [2.05, 4.69) is 10.1 Å². The lowest BCUT2D eigenvalue weighted by Crippen LogP contribution is -2.49. The summed E-state index contributed by atoms with van der Waals surface area (Å²) in [6.45, 7) is 5.45. The number of ether oxygens (including phenoxy) is 1. The predicted octanol–water partition coefficient (Wildman–Crippen LogP) is 4.60. The van der Waals surface area contributed by atoms with Crippen LogP contribution in [0.3, 0.4) is 0 Å². The van der Waals surface area contributed by atoms with E-state index < -0.39 is 18.4 Å². The number of alkyl halides is 3. The zero-order chi connectivity index (χ0) is 25.1. The average molecular weight is 481 g/mol. The van der Waals surface area contributed by atoms with Gasteiger partial charge < -0.3 is 25.6 Å². The first-order valence-electron chi connectivity index (χ1n) is 11.2. The van der Waals surface area contributed by atoms with Crippen LogP contribution in [-0.4, -0.2) is 53.8 Å². The van der Waals surface area contributed by atoms with Crippen molar-refractivity contribution in [1.29, 1.82) is 0 Å². The first-order chi connectivity index (χ1) is 16.3. The van der Waals surface area contributed by atoms with Crippen LogP contribution in [0.5, 0.6) is 5.75 Å². The van der Waals surface area contributed by atoms with Crippen molar-refractivity contribution in [3.63, 3.8) is 0 Å². The molecule has 1 aliphatic rings. The molecule has 1 saturated heterocycles. The molecule has 10 heteroatoms. The molecule has 1 fully saturated rings. The SMILES string of the molecule is CC.NCCN(Cc1ccccc1)C(=O)[C@@H]1CCCN1C(=O)Nc1ccc(OC(F)(F)F)cc1. The number of nitrogens with two attached hydrogens (primary N) is 1. The zero-order valence-corrected chi connectivity index (χ0v) is 19.3. The van der Waals surface area contributed by atoms with Crippen LogP contribution < -0.4 is 15.8 Å². The summed E-state index contributed by atoms with van der Waals surface area (Å²) in [5.41, 5.74) is 6.96. The molecule has 3 rings (SSSR count). The van der Waals surface area contributed by atoms with Gasteiger partial charge in [0.2, 0.25) is 5.91 Å². The highest BCUT2D eigenvalue weighted by Gasteiger charge is 2.36.